The molecule has 0 amide bonds. The maximum atomic E-state index is 5.36. The summed E-state index contributed by atoms with van der Waals surface area (Å²) in [6.45, 7) is 4.92. The smallest absolute Gasteiger partial charge is 0.194 e. The molecule has 1 N–H and O–H groups in total. The van der Waals surface area contributed by atoms with Crippen molar-refractivity contribution in [2.45, 2.75) is 25.9 Å². The van der Waals surface area contributed by atoms with Crippen LogP contribution < -0.4 is 5.32 Å². The Morgan fingerprint density at radius 1 is 1.52 bits per heavy atom. The molecule has 0 saturated carbocycles. The van der Waals surface area contributed by atoms with Crippen molar-refractivity contribution in [1.82, 2.24) is 19.8 Å². The highest BCUT2D eigenvalue weighted by Gasteiger charge is 2.28. The topological polar surface area (TPSA) is 58.6 Å². The van der Waals surface area contributed by atoms with Crippen LogP contribution in [0.5, 0.6) is 0 Å². The number of guanidine groups is 1. The van der Waals surface area contributed by atoms with Gasteiger partial charge in [0.1, 0.15) is 5.76 Å². The number of piperidine rings is 1. The molecule has 1 fully saturated rings. The van der Waals surface area contributed by atoms with Crippen LogP contribution in [0.1, 0.15) is 25.1 Å². The van der Waals surface area contributed by atoms with Gasteiger partial charge < -0.3 is 19.2 Å². The van der Waals surface area contributed by atoms with Crippen molar-refractivity contribution in [3.05, 3.63) is 42.9 Å². The molecule has 0 aliphatic carbocycles. The summed E-state index contributed by atoms with van der Waals surface area (Å²) >= 11 is 0. The van der Waals surface area contributed by atoms with Crippen LogP contribution in [0, 0.1) is 5.92 Å². The van der Waals surface area contributed by atoms with Crippen LogP contribution in [0.3, 0.4) is 0 Å². The maximum Gasteiger partial charge on any atom is 0.194 e. The van der Waals surface area contributed by atoms with Gasteiger partial charge in [-0.25, -0.2) is 4.98 Å². The summed E-state index contributed by atoms with van der Waals surface area (Å²) in [6, 6.07) is 4.29. The van der Waals surface area contributed by atoms with Crippen molar-refractivity contribution in [2.24, 2.45) is 10.9 Å². The molecule has 1 aliphatic rings. The van der Waals surface area contributed by atoms with E-state index in [1.165, 1.54) is 0 Å². The van der Waals surface area contributed by atoms with E-state index in [2.05, 4.69) is 31.7 Å². The van der Waals surface area contributed by atoms with Gasteiger partial charge in [0.15, 0.2) is 5.96 Å². The van der Waals surface area contributed by atoms with Crippen LogP contribution in [0.25, 0.3) is 0 Å². The Morgan fingerprint density at radius 3 is 3.04 bits per heavy atom. The van der Waals surface area contributed by atoms with Crippen LogP contribution in [-0.4, -0.2) is 40.5 Å². The molecule has 1 saturated heterocycles. The first kappa shape index (κ1) is 17.8. The number of hydrogen-bond donors (Lipinski definition) is 1. The normalized spacial score (nSPS) is 21.8. The zero-order valence-electron chi connectivity index (χ0n) is 13.6. The minimum atomic E-state index is 0. The highest BCUT2D eigenvalue weighted by atomic mass is 127. The fraction of sp³-hybridized carbons (Fsp3) is 0.500. The van der Waals surface area contributed by atoms with E-state index in [9.17, 15) is 0 Å². The summed E-state index contributed by atoms with van der Waals surface area (Å²) in [5.74, 6) is 2.47. The van der Waals surface area contributed by atoms with E-state index in [4.69, 9.17) is 4.42 Å². The number of aromatic nitrogens is 2. The molecule has 2 atom stereocenters. The molecule has 126 valence electrons. The van der Waals surface area contributed by atoms with E-state index >= 15 is 0 Å². The van der Waals surface area contributed by atoms with Gasteiger partial charge in [-0.2, -0.15) is 0 Å². The van der Waals surface area contributed by atoms with Gasteiger partial charge in [0.2, 0.25) is 0 Å². The van der Waals surface area contributed by atoms with Crippen LogP contribution in [0.15, 0.2) is 46.5 Å². The average molecular weight is 429 g/mol. The van der Waals surface area contributed by atoms with E-state index < -0.39 is 0 Å². The summed E-state index contributed by atoms with van der Waals surface area (Å²) < 4.78 is 7.57. The third-order valence-corrected chi connectivity index (χ3v) is 4.34. The molecule has 0 bridgehead atoms. The number of furan rings is 1. The first-order valence-electron chi connectivity index (χ1n) is 7.73. The molecule has 2 aromatic rings. The number of nitrogens with zero attached hydrogens (tertiary/aromatic N) is 4. The number of rotatable bonds is 3. The first-order chi connectivity index (χ1) is 10.8. The zero-order chi connectivity index (χ0) is 15.4. The van der Waals surface area contributed by atoms with E-state index in [0.29, 0.717) is 18.5 Å². The number of hydrogen-bond acceptors (Lipinski definition) is 3. The Bertz CT molecular complexity index is 596. The molecular formula is C16H24IN5O. The fourth-order valence-corrected chi connectivity index (χ4v) is 3.01. The van der Waals surface area contributed by atoms with Gasteiger partial charge in [-0.3, -0.25) is 4.99 Å². The van der Waals surface area contributed by atoms with Crippen molar-refractivity contribution in [3.63, 3.8) is 0 Å². The molecule has 0 spiro atoms. The van der Waals surface area contributed by atoms with E-state index in [1.54, 1.807) is 6.26 Å². The second kappa shape index (κ2) is 8.37. The Morgan fingerprint density at radius 2 is 2.39 bits per heavy atom. The predicted molar refractivity (Wildman–Crippen MR) is 101 cm³/mol. The number of imidazole rings is 1. The Labute approximate surface area is 154 Å². The van der Waals surface area contributed by atoms with Gasteiger partial charge in [-0.15, -0.1) is 24.0 Å². The van der Waals surface area contributed by atoms with Crippen molar-refractivity contribution in [2.75, 3.05) is 20.1 Å². The van der Waals surface area contributed by atoms with Gasteiger partial charge in [0.25, 0.3) is 0 Å². The van der Waals surface area contributed by atoms with Crippen molar-refractivity contribution >= 4 is 29.9 Å². The predicted octanol–water partition coefficient (Wildman–Crippen LogP) is 2.75. The zero-order valence-corrected chi connectivity index (χ0v) is 15.9. The molecule has 3 rings (SSSR count). The third-order valence-electron chi connectivity index (χ3n) is 4.34. The molecular weight excluding hydrogens is 405 g/mol. The first-order valence-corrected chi connectivity index (χ1v) is 7.73. The largest absolute Gasteiger partial charge is 0.467 e. The summed E-state index contributed by atoms with van der Waals surface area (Å²) in [7, 11) is 1.83. The molecule has 2 unspecified atom stereocenters. The third kappa shape index (κ3) is 4.27. The molecule has 3 heterocycles. The Hall–Kier alpha value is -1.51. The number of aliphatic imine (C=N–C) groups is 1. The Kier molecular flexibility index (Phi) is 6.49. The van der Waals surface area contributed by atoms with E-state index in [1.807, 2.05) is 37.9 Å². The van der Waals surface area contributed by atoms with Gasteiger partial charge >= 0.3 is 0 Å². The minimum Gasteiger partial charge on any atom is -0.467 e. The number of nitrogens with one attached hydrogen (secondary N) is 1. The van der Waals surface area contributed by atoms with Crippen molar-refractivity contribution in [3.8, 4) is 0 Å². The van der Waals surface area contributed by atoms with Crippen LogP contribution in [-0.2, 0) is 6.54 Å². The van der Waals surface area contributed by atoms with Crippen LogP contribution in [0.4, 0.5) is 0 Å². The molecule has 0 aromatic carbocycles. The van der Waals surface area contributed by atoms with Crippen LogP contribution in [0.2, 0.25) is 0 Å². The highest BCUT2D eigenvalue weighted by molar-refractivity contribution is 14.0. The van der Waals surface area contributed by atoms with Gasteiger partial charge in [0.05, 0.1) is 25.2 Å². The van der Waals surface area contributed by atoms with Gasteiger partial charge in [0, 0.05) is 32.5 Å². The highest BCUT2D eigenvalue weighted by Crippen LogP contribution is 2.27. The summed E-state index contributed by atoms with van der Waals surface area (Å²) in [6.07, 6.45) is 8.63. The number of halogens is 1. The monoisotopic (exact) mass is 429 g/mol. The quantitative estimate of drug-likeness (QED) is 0.463. The van der Waals surface area contributed by atoms with Gasteiger partial charge in [-0.05, 0) is 24.5 Å². The van der Waals surface area contributed by atoms with Crippen LogP contribution >= 0.6 is 24.0 Å². The second-order valence-electron chi connectivity index (χ2n) is 5.77. The van der Waals surface area contributed by atoms with E-state index in [-0.39, 0.29) is 24.0 Å². The summed E-state index contributed by atoms with van der Waals surface area (Å²) in [5.41, 5.74) is 0. The minimum absolute atomic E-state index is 0. The molecule has 6 nitrogen and oxygen atoms in total. The average Bonchev–Trinajstić information content (AvgIpc) is 3.22. The van der Waals surface area contributed by atoms with Crippen molar-refractivity contribution in [1.29, 1.82) is 0 Å². The fourth-order valence-electron chi connectivity index (χ4n) is 3.01. The molecule has 0 radical (unpaired) electrons. The maximum absolute atomic E-state index is 5.36. The molecule has 2 aromatic heterocycles. The number of likely N-dealkylation sites (tertiary alicyclic amines) is 1. The summed E-state index contributed by atoms with van der Waals surface area (Å²) in [4.78, 5) is 10.9. The lowest BCUT2D eigenvalue weighted by Crippen LogP contribution is -2.48. The van der Waals surface area contributed by atoms with Crippen molar-refractivity contribution < 1.29 is 4.42 Å². The standard InChI is InChI=1S/C16H23N5O.HI/c1-13-5-7-20(11-15(13)21-8-6-18-12-21)16(17-2)19-10-14-4-3-9-22-14;/h3-4,6,8-9,12-13,15H,5,7,10-11H2,1-2H3,(H,17,19);1H. The lowest BCUT2D eigenvalue weighted by molar-refractivity contribution is 0.188. The Balaban J connectivity index is 0.00000192. The lowest BCUT2D eigenvalue weighted by Gasteiger charge is -2.39. The SMILES string of the molecule is CN=C(NCc1ccco1)N1CCC(C)C(n2ccnc2)C1.I. The second-order valence-corrected chi connectivity index (χ2v) is 5.77. The molecule has 23 heavy (non-hydrogen) atoms. The van der Waals surface area contributed by atoms with Gasteiger partial charge in [-0.1, -0.05) is 6.92 Å². The molecule has 1 aliphatic heterocycles. The molecule has 7 heteroatoms. The summed E-state index contributed by atoms with van der Waals surface area (Å²) in [5, 5.41) is 3.38. The van der Waals surface area contributed by atoms with E-state index in [0.717, 1.165) is 31.2 Å². The lowest BCUT2D eigenvalue weighted by atomic mass is 9.93.